The molecule has 3 aliphatic rings. The maximum absolute atomic E-state index is 13.9. The molecule has 2 heterocycles. The highest BCUT2D eigenvalue weighted by atomic mass is 16.7. The number of nitrogens with one attached hydrogen (secondary N) is 2. The summed E-state index contributed by atoms with van der Waals surface area (Å²) >= 11 is 0. The fraction of sp³-hybridized carbons (Fsp3) is 0.250. The van der Waals surface area contributed by atoms with Crippen molar-refractivity contribution in [1.82, 2.24) is 0 Å². The van der Waals surface area contributed by atoms with E-state index in [4.69, 9.17) is 18.9 Å². The summed E-state index contributed by atoms with van der Waals surface area (Å²) in [6, 6.07) is 15.4. The lowest BCUT2D eigenvalue weighted by molar-refractivity contribution is -0.385. The predicted molar refractivity (Wildman–Crippen MR) is 139 cm³/mol. The van der Waals surface area contributed by atoms with Crippen molar-refractivity contribution in [1.29, 1.82) is 0 Å². The van der Waals surface area contributed by atoms with Crippen LogP contribution in [0.15, 0.2) is 65.9 Å². The quantitative estimate of drug-likeness (QED) is 0.343. The number of nitro groups is 1. The molecule has 194 valence electrons. The minimum atomic E-state index is -0.769. The highest BCUT2D eigenvalue weighted by molar-refractivity contribution is 6.01. The second kappa shape index (κ2) is 9.29. The van der Waals surface area contributed by atoms with Crippen LogP contribution in [-0.4, -0.2) is 31.7 Å². The summed E-state index contributed by atoms with van der Waals surface area (Å²) in [7, 11) is 3.15. The van der Waals surface area contributed by atoms with Crippen molar-refractivity contribution in [2.75, 3.05) is 31.6 Å². The van der Waals surface area contributed by atoms with Gasteiger partial charge in [0.15, 0.2) is 28.8 Å². The molecule has 0 fully saturated rings. The van der Waals surface area contributed by atoms with E-state index >= 15 is 0 Å². The topological polar surface area (TPSA) is 121 Å². The smallest absolute Gasteiger partial charge is 0.279 e. The fourth-order valence-corrected chi connectivity index (χ4v) is 5.40. The third-order valence-electron chi connectivity index (χ3n) is 7.22. The first-order chi connectivity index (χ1) is 18.5. The molecule has 0 aromatic heterocycles. The van der Waals surface area contributed by atoms with E-state index in [9.17, 15) is 14.9 Å². The van der Waals surface area contributed by atoms with E-state index in [1.165, 1.54) is 6.07 Å². The maximum atomic E-state index is 13.9. The number of fused-ring (bicyclic) bond motifs is 2. The van der Waals surface area contributed by atoms with Crippen LogP contribution in [0.3, 0.4) is 0 Å². The van der Waals surface area contributed by atoms with Crippen LogP contribution in [0, 0.1) is 10.1 Å². The Balaban J connectivity index is 1.48. The number of para-hydroxylation sites is 2. The van der Waals surface area contributed by atoms with Gasteiger partial charge in [-0.2, -0.15) is 0 Å². The number of Topliss-reactive ketones (excluding diaryl/α,β-unsaturated/α-hetero) is 1. The standard InChI is InChI=1S/C28H25N3O7/c1-35-23-8-7-15(11-24(23)36-2)16-9-20-27(22(32)10-16)28(30-19-6-4-3-5-18(19)29-20)17-12-25-26(38-14-37-25)13-21(17)31(33)34/h3-8,11-13,16,28-30H,9-10,14H2,1-2H3/t16-,28-/m0/s1. The third kappa shape index (κ3) is 3.94. The predicted octanol–water partition coefficient (Wildman–Crippen LogP) is 5.32. The summed E-state index contributed by atoms with van der Waals surface area (Å²) in [5.74, 6) is 1.70. The second-order valence-electron chi connectivity index (χ2n) is 9.30. The Bertz CT molecular complexity index is 1500. The first-order valence-corrected chi connectivity index (χ1v) is 12.2. The molecule has 10 nitrogen and oxygen atoms in total. The Morgan fingerprint density at radius 3 is 2.42 bits per heavy atom. The molecule has 0 bridgehead atoms. The number of ketones is 1. The van der Waals surface area contributed by atoms with Gasteiger partial charge >= 0.3 is 0 Å². The normalized spacial score (nSPS) is 19.5. The van der Waals surface area contributed by atoms with E-state index in [0.29, 0.717) is 40.6 Å². The van der Waals surface area contributed by atoms with E-state index in [1.807, 2.05) is 42.5 Å². The number of benzene rings is 3. The van der Waals surface area contributed by atoms with Crippen molar-refractivity contribution in [3.8, 4) is 23.0 Å². The molecule has 0 saturated heterocycles. The Kier molecular flexibility index (Phi) is 5.79. The van der Waals surface area contributed by atoms with Gasteiger partial charge in [0.1, 0.15) is 0 Å². The maximum Gasteiger partial charge on any atom is 0.279 e. The third-order valence-corrected chi connectivity index (χ3v) is 7.22. The molecule has 0 amide bonds. The van der Waals surface area contributed by atoms with E-state index in [2.05, 4.69) is 10.6 Å². The second-order valence-corrected chi connectivity index (χ2v) is 9.30. The van der Waals surface area contributed by atoms with Crippen molar-refractivity contribution >= 4 is 22.8 Å². The summed E-state index contributed by atoms with van der Waals surface area (Å²) in [6.07, 6.45) is 0.768. The van der Waals surface area contributed by atoms with E-state index < -0.39 is 11.0 Å². The largest absolute Gasteiger partial charge is 0.493 e. The molecule has 10 heteroatoms. The van der Waals surface area contributed by atoms with Crippen molar-refractivity contribution < 1.29 is 28.7 Å². The van der Waals surface area contributed by atoms with Crippen LogP contribution in [0.5, 0.6) is 23.0 Å². The zero-order valence-electron chi connectivity index (χ0n) is 20.8. The highest BCUT2D eigenvalue weighted by Crippen LogP contribution is 2.48. The minimum Gasteiger partial charge on any atom is -0.493 e. The Morgan fingerprint density at radius 2 is 1.68 bits per heavy atom. The average Bonchev–Trinajstić information content (AvgIpc) is 3.32. The molecule has 2 atom stereocenters. The van der Waals surface area contributed by atoms with Crippen LogP contribution in [0.1, 0.15) is 35.9 Å². The molecule has 38 heavy (non-hydrogen) atoms. The van der Waals surface area contributed by atoms with Crippen molar-refractivity contribution in [2.45, 2.75) is 24.8 Å². The van der Waals surface area contributed by atoms with Gasteiger partial charge in [0, 0.05) is 17.7 Å². The van der Waals surface area contributed by atoms with Crippen LogP contribution in [0.4, 0.5) is 17.1 Å². The van der Waals surface area contributed by atoms with Gasteiger partial charge in [-0.05, 0) is 48.2 Å². The van der Waals surface area contributed by atoms with E-state index in [-0.39, 0.29) is 30.6 Å². The number of carbonyl (C=O) groups is 1. The molecule has 0 unspecified atom stereocenters. The molecule has 2 aliphatic heterocycles. The van der Waals surface area contributed by atoms with Crippen molar-refractivity contribution in [3.63, 3.8) is 0 Å². The summed E-state index contributed by atoms with van der Waals surface area (Å²) < 4.78 is 21.8. The number of hydrogen-bond acceptors (Lipinski definition) is 9. The number of rotatable bonds is 5. The lowest BCUT2D eigenvalue weighted by atomic mass is 9.78. The number of ether oxygens (including phenoxy) is 4. The minimum absolute atomic E-state index is 0.0156. The molecule has 2 N–H and O–H groups in total. The molecule has 3 aromatic carbocycles. The average molecular weight is 516 g/mol. The zero-order valence-corrected chi connectivity index (χ0v) is 20.8. The lowest BCUT2D eigenvalue weighted by Crippen LogP contribution is -2.27. The van der Waals surface area contributed by atoms with Crippen LogP contribution in [0.2, 0.25) is 0 Å². The molecule has 0 spiro atoms. The van der Waals surface area contributed by atoms with Gasteiger partial charge in [-0.25, -0.2) is 0 Å². The Hall–Kier alpha value is -4.73. The number of hydrogen-bond donors (Lipinski definition) is 2. The van der Waals surface area contributed by atoms with Crippen molar-refractivity contribution in [2.24, 2.45) is 0 Å². The van der Waals surface area contributed by atoms with E-state index in [1.54, 1.807) is 20.3 Å². The van der Waals surface area contributed by atoms with Crippen LogP contribution in [0.25, 0.3) is 0 Å². The zero-order chi connectivity index (χ0) is 26.4. The Morgan fingerprint density at radius 1 is 0.947 bits per heavy atom. The number of anilines is 2. The molecule has 6 rings (SSSR count). The summed E-state index contributed by atoms with van der Waals surface area (Å²) in [5.41, 5.74) is 3.84. The molecule has 0 saturated carbocycles. The number of nitrogens with zero attached hydrogens (tertiary/aromatic N) is 1. The molecular weight excluding hydrogens is 490 g/mol. The molecule has 1 aliphatic carbocycles. The summed E-state index contributed by atoms with van der Waals surface area (Å²) in [6.45, 7) is -0.0156. The van der Waals surface area contributed by atoms with Gasteiger partial charge in [0.05, 0.1) is 48.2 Å². The Labute approximate surface area is 218 Å². The summed E-state index contributed by atoms with van der Waals surface area (Å²) in [5, 5.41) is 19.0. The van der Waals surface area contributed by atoms with Crippen molar-refractivity contribution in [3.05, 3.63) is 87.1 Å². The fourth-order valence-electron chi connectivity index (χ4n) is 5.40. The molecular formula is C28H25N3O7. The number of methoxy groups -OCH3 is 2. The van der Waals surface area contributed by atoms with Gasteiger partial charge in [0.2, 0.25) is 6.79 Å². The van der Waals surface area contributed by atoms with Gasteiger partial charge in [-0.15, -0.1) is 0 Å². The first-order valence-electron chi connectivity index (χ1n) is 12.2. The van der Waals surface area contributed by atoms with E-state index in [0.717, 1.165) is 22.6 Å². The molecule has 3 aromatic rings. The SMILES string of the molecule is COc1ccc([C@@H]2CC(=O)C3=C(C2)Nc2ccccc2N[C@H]3c2cc3c(cc2[N+](=O)[O-])OCO3)cc1OC. The van der Waals surface area contributed by atoms with Gasteiger partial charge < -0.3 is 29.6 Å². The lowest BCUT2D eigenvalue weighted by Gasteiger charge is -2.30. The molecule has 0 radical (unpaired) electrons. The number of carbonyl (C=O) groups excluding carboxylic acids is 1. The highest BCUT2D eigenvalue weighted by Gasteiger charge is 2.39. The number of allylic oxidation sites excluding steroid dienone is 1. The summed E-state index contributed by atoms with van der Waals surface area (Å²) in [4.78, 5) is 25.5. The number of nitro benzene ring substituents is 1. The van der Waals surface area contributed by atoms with Crippen LogP contribution < -0.4 is 29.6 Å². The van der Waals surface area contributed by atoms with Gasteiger partial charge in [0.25, 0.3) is 5.69 Å². The van der Waals surface area contributed by atoms with Gasteiger partial charge in [-0.3, -0.25) is 14.9 Å². The van der Waals surface area contributed by atoms with Crippen LogP contribution in [-0.2, 0) is 4.79 Å². The first kappa shape index (κ1) is 23.7. The van der Waals surface area contributed by atoms with Crippen LogP contribution >= 0.6 is 0 Å². The van der Waals surface area contributed by atoms with Gasteiger partial charge in [-0.1, -0.05) is 18.2 Å². The monoisotopic (exact) mass is 515 g/mol.